The molecule has 16 heavy (non-hydrogen) atoms. The third kappa shape index (κ3) is 2.28. The van der Waals surface area contributed by atoms with E-state index in [1.54, 1.807) is 0 Å². The highest BCUT2D eigenvalue weighted by Crippen LogP contribution is 2.35. The second kappa shape index (κ2) is 4.81. The lowest BCUT2D eigenvalue weighted by Gasteiger charge is -2.12. The molecule has 2 heterocycles. The Hall–Kier alpha value is -0.460. The maximum atomic E-state index is 9.57. The van der Waals surface area contributed by atoms with Crippen molar-refractivity contribution in [3.63, 3.8) is 0 Å². The molecular weight excluding hydrogens is 255 g/mol. The molecule has 0 aromatic carbocycles. The lowest BCUT2D eigenvalue weighted by molar-refractivity contribution is -0.0226. The van der Waals surface area contributed by atoms with Crippen molar-refractivity contribution in [1.82, 2.24) is 9.97 Å². The van der Waals surface area contributed by atoms with Crippen LogP contribution in [-0.2, 0) is 4.74 Å². The molecule has 5 nitrogen and oxygen atoms in total. The Morgan fingerprint density at radius 3 is 2.81 bits per heavy atom. The van der Waals surface area contributed by atoms with Gasteiger partial charge in [-0.25, -0.2) is 9.97 Å². The fourth-order valence-electron chi connectivity index (χ4n) is 1.66. The van der Waals surface area contributed by atoms with E-state index in [1.165, 1.54) is 6.20 Å². The van der Waals surface area contributed by atoms with E-state index in [0.717, 1.165) is 0 Å². The molecular formula is C9H10Cl2N2O3. The summed E-state index contributed by atoms with van der Waals surface area (Å²) < 4.78 is 5.42. The highest BCUT2D eigenvalue weighted by molar-refractivity contribution is 6.32. The first-order valence-electron chi connectivity index (χ1n) is 4.74. The van der Waals surface area contributed by atoms with Crippen LogP contribution in [0.1, 0.15) is 18.1 Å². The molecule has 1 saturated heterocycles. The number of aliphatic hydroxyl groups is 2. The molecule has 1 fully saturated rings. The number of aliphatic hydroxyl groups excluding tert-OH is 2. The van der Waals surface area contributed by atoms with Gasteiger partial charge in [-0.05, 0) is 11.6 Å². The minimum Gasteiger partial charge on any atom is -0.394 e. The van der Waals surface area contributed by atoms with Crippen LogP contribution in [0.5, 0.6) is 0 Å². The van der Waals surface area contributed by atoms with E-state index in [4.69, 9.17) is 33.0 Å². The number of nitrogens with zero attached hydrogens (tertiary/aromatic N) is 2. The number of halogens is 2. The van der Waals surface area contributed by atoms with Gasteiger partial charge in [-0.3, -0.25) is 0 Å². The van der Waals surface area contributed by atoms with Gasteiger partial charge >= 0.3 is 0 Å². The van der Waals surface area contributed by atoms with Crippen molar-refractivity contribution in [3.8, 4) is 0 Å². The van der Waals surface area contributed by atoms with Crippen molar-refractivity contribution in [3.05, 3.63) is 22.2 Å². The average Bonchev–Trinajstić information content (AvgIpc) is 2.59. The van der Waals surface area contributed by atoms with Crippen molar-refractivity contribution in [2.75, 3.05) is 6.61 Å². The van der Waals surface area contributed by atoms with E-state index in [9.17, 15) is 5.11 Å². The quantitative estimate of drug-likeness (QED) is 0.615. The minimum absolute atomic E-state index is 0.0611. The van der Waals surface area contributed by atoms with E-state index >= 15 is 0 Å². The summed E-state index contributed by atoms with van der Waals surface area (Å²) in [7, 11) is 0. The monoisotopic (exact) mass is 264 g/mol. The third-order valence-corrected chi connectivity index (χ3v) is 2.97. The predicted molar refractivity (Wildman–Crippen MR) is 57.4 cm³/mol. The van der Waals surface area contributed by atoms with Gasteiger partial charge in [0.2, 0.25) is 5.28 Å². The topological polar surface area (TPSA) is 75.5 Å². The van der Waals surface area contributed by atoms with E-state index in [2.05, 4.69) is 9.97 Å². The van der Waals surface area contributed by atoms with Gasteiger partial charge in [0.1, 0.15) is 11.3 Å². The van der Waals surface area contributed by atoms with Gasteiger partial charge in [0, 0.05) is 18.2 Å². The molecule has 1 aromatic rings. The molecule has 2 N–H and O–H groups in total. The third-order valence-electron chi connectivity index (χ3n) is 2.49. The summed E-state index contributed by atoms with van der Waals surface area (Å²) in [5.74, 6) is 0. The van der Waals surface area contributed by atoms with Gasteiger partial charge < -0.3 is 14.9 Å². The van der Waals surface area contributed by atoms with Gasteiger partial charge in [-0.15, -0.1) is 0 Å². The van der Waals surface area contributed by atoms with Crippen molar-refractivity contribution >= 4 is 23.2 Å². The summed E-state index contributed by atoms with van der Waals surface area (Å²) >= 11 is 11.5. The zero-order chi connectivity index (χ0) is 11.7. The highest BCUT2D eigenvalue weighted by atomic mass is 35.5. The van der Waals surface area contributed by atoms with Crippen molar-refractivity contribution in [2.24, 2.45) is 0 Å². The smallest absolute Gasteiger partial charge is 0.223 e. The standard InChI is InChI=1S/C9H10Cl2N2O3/c10-8-4(2-12-9(11)13-8)6-1-5(15)7(3-14)16-6/h2,5-7,14-15H,1,3H2/t5-,6+,7+/m0/s1. The zero-order valence-corrected chi connectivity index (χ0v) is 9.69. The molecule has 0 amide bonds. The summed E-state index contributed by atoms with van der Waals surface area (Å²) in [4.78, 5) is 7.60. The molecule has 88 valence electrons. The molecule has 2 rings (SSSR count). The van der Waals surface area contributed by atoms with Gasteiger partial charge in [-0.2, -0.15) is 0 Å². The Kier molecular flexibility index (Phi) is 3.61. The molecule has 1 aromatic heterocycles. The van der Waals surface area contributed by atoms with Crippen LogP contribution in [0.3, 0.4) is 0 Å². The molecule has 0 spiro atoms. The largest absolute Gasteiger partial charge is 0.394 e. The summed E-state index contributed by atoms with van der Waals surface area (Å²) in [5.41, 5.74) is 0.570. The first kappa shape index (κ1) is 12.0. The minimum atomic E-state index is -0.707. The van der Waals surface area contributed by atoms with E-state index in [1.807, 2.05) is 0 Å². The summed E-state index contributed by atoms with van der Waals surface area (Å²) in [6.45, 7) is -0.232. The number of hydrogen-bond donors (Lipinski definition) is 2. The molecule has 0 unspecified atom stereocenters. The summed E-state index contributed by atoms with van der Waals surface area (Å²) in [5, 5.41) is 18.8. The van der Waals surface area contributed by atoms with E-state index in [0.29, 0.717) is 12.0 Å². The second-order valence-corrected chi connectivity index (χ2v) is 4.23. The van der Waals surface area contributed by atoms with Crippen LogP contribution in [-0.4, -0.2) is 39.0 Å². The molecule has 0 aliphatic carbocycles. The van der Waals surface area contributed by atoms with E-state index in [-0.39, 0.29) is 17.0 Å². The molecule has 0 bridgehead atoms. The maximum Gasteiger partial charge on any atom is 0.223 e. The van der Waals surface area contributed by atoms with Gasteiger partial charge in [0.25, 0.3) is 0 Å². The molecule has 0 saturated carbocycles. The van der Waals surface area contributed by atoms with Crippen LogP contribution < -0.4 is 0 Å². The summed E-state index contributed by atoms with van der Waals surface area (Å²) in [6, 6.07) is 0. The van der Waals surface area contributed by atoms with Crippen LogP contribution in [0.25, 0.3) is 0 Å². The fourth-order valence-corrected chi connectivity index (χ4v) is 2.09. The Morgan fingerprint density at radius 1 is 1.50 bits per heavy atom. The average molecular weight is 265 g/mol. The Bertz CT molecular complexity index is 391. The second-order valence-electron chi connectivity index (χ2n) is 3.53. The molecule has 1 aliphatic rings. The number of ether oxygens (including phenoxy) is 1. The van der Waals surface area contributed by atoms with Crippen LogP contribution >= 0.6 is 23.2 Å². The zero-order valence-electron chi connectivity index (χ0n) is 8.18. The Morgan fingerprint density at radius 2 is 2.25 bits per heavy atom. The van der Waals surface area contributed by atoms with Crippen LogP contribution in [0.15, 0.2) is 6.20 Å². The first-order valence-corrected chi connectivity index (χ1v) is 5.49. The van der Waals surface area contributed by atoms with Crippen molar-refractivity contribution < 1.29 is 14.9 Å². The van der Waals surface area contributed by atoms with Crippen molar-refractivity contribution in [2.45, 2.75) is 24.7 Å². The summed E-state index contributed by atoms with van der Waals surface area (Å²) in [6.07, 6.45) is 0.125. The van der Waals surface area contributed by atoms with Gasteiger partial charge in [-0.1, -0.05) is 11.6 Å². The van der Waals surface area contributed by atoms with Gasteiger partial charge in [0.05, 0.1) is 18.8 Å². The van der Waals surface area contributed by atoms with Crippen LogP contribution in [0.4, 0.5) is 0 Å². The maximum absolute atomic E-state index is 9.57. The lowest BCUT2D eigenvalue weighted by Crippen LogP contribution is -2.24. The normalized spacial score (nSPS) is 29.6. The molecule has 7 heteroatoms. The predicted octanol–water partition coefficient (Wildman–Crippen LogP) is 0.967. The number of rotatable bonds is 2. The van der Waals surface area contributed by atoms with Crippen LogP contribution in [0, 0.1) is 0 Å². The van der Waals surface area contributed by atoms with Gasteiger partial charge in [0.15, 0.2) is 0 Å². The lowest BCUT2D eigenvalue weighted by atomic mass is 10.1. The van der Waals surface area contributed by atoms with E-state index < -0.39 is 18.3 Å². The highest BCUT2D eigenvalue weighted by Gasteiger charge is 2.35. The number of aromatic nitrogens is 2. The van der Waals surface area contributed by atoms with Crippen LogP contribution in [0.2, 0.25) is 10.4 Å². The Balaban J connectivity index is 2.20. The van der Waals surface area contributed by atoms with Crippen molar-refractivity contribution in [1.29, 1.82) is 0 Å². The molecule has 0 radical (unpaired) electrons. The molecule has 3 atom stereocenters. The SMILES string of the molecule is OC[C@H]1O[C@@H](c2cnc(Cl)nc2Cl)C[C@@H]1O. The fraction of sp³-hybridized carbons (Fsp3) is 0.556. The first-order chi connectivity index (χ1) is 7.61. The number of hydrogen-bond acceptors (Lipinski definition) is 5. The Labute approximate surface area is 102 Å². The molecule has 1 aliphatic heterocycles.